The molecule has 1 aromatic rings. The number of rotatable bonds is 8. The number of carbonyl (C=O) groups is 2. The van der Waals surface area contributed by atoms with Crippen LogP contribution in [0.4, 0.5) is 4.39 Å². The maximum absolute atomic E-state index is 12.1. The van der Waals surface area contributed by atoms with Crippen molar-refractivity contribution in [3.8, 4) is 0 Å². The van der Waals surface area contributed by atoms with Gasteiger partial charge in [0.05, 0.1) is 19.7 Å². The van der Waals surface area contributed by atoms with Crippen molar-refractivity contribution < 1.29 is 23.5 Å². The highest BCUT2D eigenvalue weighted by Gasteiger charge is 2.28. The lowest BCUT2D eigenvalue weighted by atomic mass is 9.93. The van der Waals surface area contributed by atoms with Gasteiger partial charge in [-0.1, -0.05) is 30.3 Å². The second-order valence-electron chi connectivity index (χ2n) is 5.87. The van der Waals surface area contributed by atoms with E-state index in [2.05, 4.69) is 0 Å². The highest BCUT2D eigenvalue weighted by molar-refractivity contribution is 5.83. The number of alkyl halides is 1. The van der Waals surface area contributed by atoms with Gasteiger partial charge in [0, 0.05) is 6.42 Å². The molecule has 1 aliphatic rings. The molecule has 1 aliphatic heterocycles. The molecule has 0 aromatic heterocycles. The van der Waals surface area contributed by atoms with Gasteiger partial charge in [-0.25, -0.2) is 0 Å². The summed E-state index contributed by atoms with van der Waals surface area (Å²) < 4.78 is 22.9. The van der Waals surface area contributed by atoms with Gasteiger partial charge in [0.25, 0.3) is 0 Å². The molecule has 126 valence electrons. The van der Waals surface area contributed by atoms with Crippen LogP contribution in [0.5, 0.6) is 0 Å². The lowest BCUT2D eigenvalue weighted by Gasteiger charge is -2.27. The minimum atomic E-state index is -0.478. The number of halogens is 1. The molecule has 2 rings (SSSR count). The van der Waals surface area contributed by atoms with Crippen molar-refractivity contribution in [1.82, 2.24) is 0 Å². The van der Waals surface area contributed by atoms with Gasteiger partial charge in [-0.15, -0.1) is 0 Å². The smallest absolute Gasteiger partial charge is 0.306 e. The van der Waals surface area contributed by atoms with Gasteiger partial charge in [0.2, 0.25) is 0 Å². The molecule has 1 fully saturated rings. The monoisotopic (exact) mass is 322 g/mol. The Morgan fingerprint density at radius 3 is 2.65 bits per heavy atom. The highest BCUT2D eigenvalue weighted by atomic mass is 19.1. The molecule has 0 N–H and O–H groups in total. The number of ether oxygens (including phenoxy) is 2. The van der Waals surface area contributed by atoms with Crippen molar-refractivity contribution in [2.75, 3.05) is 13.3 Å². The van der Waals surface area contributed by atoms with Crippen LogP contribution in [0.2, 0.25) is 0 Å². The summed E-state index contributed by atoms with van der Waals surface area (Å²) in [5.41, 5.74) is 0.958. The van der Waals surface area contributed by atoms with Gasteiger partial charge in [-0.3, -0.25) is 14.0 Å². The van der Waals surface area contributed by atoms with Crippen LogP contribution in [-0.4, -0.2) is 31.1 Å². The van der Waals surface area contributed by atoms with Crippen molar-refractivity contribution in [3.63, 3.8) is 0 Å². The van der Waals surface area contributed by atoms with Crippen LogP contribution in [0, 0.1) is 5.92 Å². The first-order valence-corrected chi connectivity index (χ1v) is 8.09. The fourth-order valence-corrected chi connectivity index (χ4v) is 2.66. The summed E-state index contributed by atoms with van der Waals surface area (Å²) in [4.78, 5) is 23.6. The molecule has 0 saturated carbocycles. The van der Waals surface area contributed by atoms with E-state index in [0.29, 0.717) is 19.4 Å². The molecule has 2 atom stereocenters. The van der Waals surface area contributed by atoms with E-state index in [9.17, 15) is 14.0 Å². The third-order valence-corrected chi connectivity index (χ3v) is 3.98. The maximum atomic E-state index is 12.1. The predicted molar refractivity (Wildman–Crippen MR) is 83.5 cm³/mol. The summed E-state index contributed by atoms with van der Waals surface area (Å²) in [6.45, 7) is 0.179. The van der Waals surface area contributed by atoms with Crippen LogP contribution in [0.3, 0.4) is 0 Å². The summed E-state index contributed by atoms with van der Waals surface area (Å²) in [7, 11) is 0. The molecule has 0 spiro atoms. The molecule has 0 amide bonds. The molecule has 1 aromatic carbocycles. The topological polar surface area (TPSA) is 52.6 Å². The van der Waals surface area contributed by atoms with E-state index in [-0.39, 0.29) is 37.1 Å². The van der Waals surface area contributed by atoms with Crippen LogP contribution in [-0.2, 0) is 25.7 Å². The molecule has 1 heterocycles. The molecule has 0 unspecified atom stereocenters. The molecule has 4 nitrogen and oxygen atoms in total. The first-order valence-electron chi connectivity index (χ1n) is 8.09. The standard InChI is InChI=1S/C18H23FO4/c19-10-4-7-16(20)17-9-8-15(13-22-17)11-18(21)23-12-14-5-2-1-3-6-14/h1-3,5-6,15,17H,4,7-13H2/t15-,17-/m0/s1. The Morgan fingerprint density at radius 2 is 2.00 bits per heavy atom. The SMILES string of the molecule is O=C(C[C@@H]1CC[C@@H](C(=O)CCCF)OC1)OCc1ccccc1. The lowest BCUT2D eigenvalue weighted by molar-refractivity contribution is -0.148. The molecule has 23 heavy (non-hydrogen) atoms. The number of benzene rings is 1. The summed E-state index contributed by atoms with van der Waals surface area (Å²) in [6, 6.07) is 9.53. The second-order valence-corrected chi connectivity index (χ2v) is 5.87. The molecule has 5 heteroatoms. The molecule has 0 bridgehead atoms. The lowest BCUT2D eigenvalue weighted by Crippen LogP contribution is -2.33. The number of Topliss-reactive ketones (excluding diaryl/α,β-unsaturated/α-hetero) is 1. The van der Waals surface area contributed by atoms with Crippen molar-refractivity contribution in [3.05, 3.63) is 35.9 Å². The third kappa shape index (κ3) is 6.10. The van der Waals surface area contributed by atoms with Crippen LogP contribution in [0.15, 0.2) is 30.3 Å². The Morgan fingerprint density at radius 1 is 1.22 bits per heavy atom. The van der Waals surface area contributed by atoms with Crippen molar-refractivity contribution >= 4 is 11.8 Å². The third-order valence-electron chi connectivity index (χ3n) is 3.98. The quantitative estimate of drug-likeness (QED) is 0.690. The zero-order valence-electron chi connectivity index (χ0n) is 13.2. The predicted octanol–water partition coefficient (Wildman–Crippen LogP) is 3.23. The van der Waals surface area contributed by atoms with E-state index >= 15 is 0 Å². The summed E-state index contributed by atoms with van der Waals surface area (Å²) in [6.07, 6.45) is 1.71. The number of hydrogen-bond donors (Lipinski definition) is 0. The van der Waals surface area contributed by atoms with E-state index < -0.39 is 12.8 Å². The minimum absolute atomic E-state index is 0.0345. The normalized spacial score (nSPS) is 20.9. The van der Waals surface area contributed by atoms with Crippen LogP contribution in [0.25, 0.3) is 0 Å². The zero-order chi connectivity index (χ0) is 16.5. The van der Waals surface area contributed by atoms with Gasteiger partial charge >= 0.3 is 5.97 Å². The molecular weight excluding hydrogens is 299 g/mol. The first-order chi connectivity index (χ1) is 11.2. The van der Waals surface area contributed by atoms with Crippen molar-refractivity contribution in [2.24, 2.45) is 5.92 Å². The number of carbonyl (C=O) groups excluding carboxylic acids is 2. The Bertz CT molecular complexity index is 495. The van der Waals surface area contributed by atoms with Gasteiger partial charge < -0.3 is 9.47 Å². The summed E-state index contributed by atoms with van der Waals surface area (Å²) in [5.74, 6) is -0.194. The van der Waals surface area contributed by atoms with Gasteiger partial charge in [0.1, 0.15) is 12.7 Å². The van der Waals surface area contributed by atoms with Gasteiger partial charge in [0.15, 0.2) is 5.78 Å². The molecule has 0 aliphatic carbocycles. The van der Waals surface area contributed by atoms with E-state index in [0.717, 1.165) is 12.0 Å². The van der Waals surface area contributed by atoms with E-state index in [4.69, 9.17) is 9.47 Å². The van der Waals surface area contributed by atoms with Crippen molar-refractivity contribution in [1.29, 1.82) is 0 Å². The van der Waals surface area contributed by atoms with E-state index in [1.807, 2.05) is 30.3 Å². The summed E-state index contributed by atoms with van der Waals surface area (Å²) >= 11 is 0. The van der Waals surface area contributed by atoms with E-state index in [1.165, 1.54) is 0 Å². The van der Waals surface area contributed by atoms with Gasteiger partial charge in [-0.2, -0.15) is 0 Å². The Balaban J connectivity index is 1.65. The highest BCUT2D eigenvalue weighted by Crippen LogP contribution is 2.23. The Hall–Kier alpha value is -1.75. The van der Waals surface area contributed by atoms with Crippen LogP contribution >= 0.6 is 0 Å². The Kier molecular flexibility index (Phi) is 7.20. The number of hydrogen-bond acceptors (Lipinski definition) is 4. The first kappa shape index (κ1) is 17.6. The molecular formula is C18H23FO4. The number of ketones is 1. The average Bonchev–Trinajstić information content (AvgIpc) is 2.59. The fourth-order valence-electron chi connectivity index (χ4n) is 2.66. The second kappa shape index (κ2) is 9.40. The van der Waals surface area contributed by atoms with Gasteiger partial charge in [-0.05, 0) is 30.7 Å². The van der Waals surface area contributed by atoms with Crippen molar-refractivity contribution in [2.45, 2.75) is 44.8 Å². The molecule has 0 radical (unpaired) electrons. The molecule has 1 saturated heterocycles. The number of esters is 1. The summed E-state index contributed by atoms with van der Waals surface area (Å²) in [5, 5.41) is 0. The van der Waals surface area contributed by atoms with Crippen LogP contribution < -0.4 is 0 Å². The minimum Gasteiger partial charge on any atom is -0.461 e. The Labute approximate surface area is 136 Å². The zero-order valence-corrected chi connectivity index (χ0v) is 13.2. The fraction of sp³-hybridized carbons (Fsp3) is 0.556. The maximum Gasteiger partial charge on any atom is 0.306 e. The van der Waals surface area contributed by atoms with E-state index in [1.54, 1.807) is 0 Å². The average molecular weight is 322 g/mol. The largest absolute Gasteiger partial charge is 0.461 e. The van der Waals surface area contributed by atoms with Crippen LogP contribution in [0.1, 0.15) is 37.7 Å².